The number of para-hydroxylation sites is 1. The summed E-state index contributed by atoms with van der Waals surface area (Å²) in [5.41, 5.74) is 2.93. The van der Waals surface area contributed by atoms with Gasteiger partial charge in [-0.1, -0.05) is 31.9 Å². The molecule has 0 bridgehead atoms. The minimum atomic E-state index is -3.49. The van der Waals surface area contributed by atoms with Gasteiger partial charge in [0, 0.05) is 12.6 Å². The van der Waals surface area contributed by atoms with Gasteiger partial charge in [0.15, 0.2) is 0 Å². The van der Waals surface area contributed by atoms with Crippen LogP contribution in [0.4, 0.5) is 5.69 Å². The van der Waals surface area contributed by atoms with E-state index in [1.807, 2.05) is 0 Å². The van der Waals surface area contributed by atoms with Crippen LogP contribution in [0.5, 0.6) is 0 Å². The van der Waals surface area contributed by atoms with Crippen molar-refractivity contribution < 1.29 is 8.42 Å². The van der Waals surface area contributed by atoms with Crippen LogP contribution < -0.4 is 11.3 Å². The van der Waals surface area contributed by atoms with E-state index in [1.54, 1.807) is 28.6 Å². The first-order valence-corrected chi connectivity index (χ1v) is 8.62. The van der Waals surface area contributed by atoms with E-state index in [-0.39, 0.29) is 10.9 Å². The summed E-state index contributed by atoms with van der Waals surface area (Å²) in [5, 5.41) is 0. The molecule has 1 aliphatic heterocycles. The highest BCUT2D eigenvalue weighted by molar-refractivity contribution is 7.89. The summed E-state index contributed by atoms with van der Waals surface area (Å²) in [5.74, 6) is 5.44. The Kier molecular flexibility index (Phi) is 5.01. The number of hydrogen-bond donors (Lipinski definition) is 2. The summed E-state index contributed by atoms with van der Waals surface area (Å²) in [7, 11) is -3.49. The fourth-order valence-electron chi connectivity index (χ4n) is 2.85. The van der Waals surface area contributed by atoms with Gasteiger partial charge in [-0.25, -0.2) is 8.42 Å². The molecule has 0 aliphatic carbocycles. The van der Waals surface area contributed by atoms with E-state index in [4.69, 9.17) is 5.84 Å². The molecule has 20 heavy (non-hydrogen) atoms. The van der Waals surface area contributed by atoms with Crippen molar-refractivity contribution in [1.29, 1.82) is 0 Å². The molecule has 6 heteroatoms. The smallest absolute Gasteiger partial charge is 0.245 e. The molecule has 0 radical (unpaired) electrons. The molecule has 5 nitrogen and oxygen atoms in total. The summed E-state index contributed by atoms with van der Waals surface area (Å²) in [4.78, 5) is 0.269. The molecule has 0 amide bonds. The van der Waals surface area contributed by atoms with E-state index in [0.717, 1.165) is 32.1 Å². The van der Waals surface area contributed by atoms with Gasteiger partial charge in [-0.05, 0) is 31.4 Å². The second-order valence-electron chi connectivity index (χ2n) is 5.19. The number of rotatable bonds is 5. The van der Waals surface area contributed by atoms with Crippen LogP contribution in [-0.4, -0.2) is 25.3 Å². The zero-order valence-electron chi connectivity index (χ0n) is 11.9. The summed E-state index contributed by atoms with van der Waals surface area (Å²) in [6, 6.07) is 6.92. The number of sulfonamides is 1. The van der Waals surface area contributed by atoms with Crippen molar-refractivity contribution in [3.63, 3.8) is 0 Å². The minimum Gasteiger partial charge on any atom is -0.323 e. The Hall–Kier alpha value is -1.11. The molecule has 0 spiro atoms. The lowest BCUT2D eigenvalue weighted by atomic mass is 10.0. The molecule has 1 aromatic carbocycles. The van der Waals surface area contributed by atoms with Crippen LogP contribution in [0.2, 0.25) is 0 Å². The van der Waals surface area contributed by atoms with Crippen molar-refractivity contribution in [2.45, 2.75) is 50.0 Å². The average molecular weight is 297 g/mol. The Morgan fingerprint density at radius 1 is 1.35 bits per heavy atom. The number of hydrogen-bond acceptors (Lipinski definition) is 4. The van der Waals surface area contributed by atoms with Crippen LogP contribution in [0.1, 0.15) is 39.0 Å². The first kappa shape index (κ1) is 15.3. The van der Waals surface area contributed by atoms with E-state index in [2.05, 4.69) is 12.3 Å². The molecule has 1 heterocycles. The van der Waals surface area contributed by atoms with Gasteiger partial charge in [0.2, 0.25) is 10.0 Å². The van der Waals surface area contributed by atoms with Gasteiger partial charge in [0.05, 0.1) is 5.69 Å². The first-order valence-electron chi connectivity index (χ1n) is 7.18. The Balaban J connectivity index is 2.37. The van der Waals surface area contributed by atoms with Crippen LogP contribution in [0.25, 0.3) is 0 Å². The molecular weight excluding hydrogens is 274 g/mol. The molecule has 0 saturated carbocycles. The predicted octanol–water partition coefficient (Wildman–Crippen LogP) is 2.32. The highest BCUT2D eigenvalue weighted by atomic mass is 32.2. The molecule has 1 fully saturated rings. The maximum absolute atomic E-state index is 12.9. The van der Waals surface area contributed by atoms with E-state index in [1.165, 1.54) is 0 Å². The zero-order valence-corrected chi connectivity index (χ0v) is 12.7. The summed E-state index contributed by atoms with van der Waals surface area (Å²) in [6.07, 6.45) is 4.89. The van der Waals surface area contributed by atoms with Crippen molar-refractivity contribution in [1.82, 2.24) is 4.31 Å². The molecular formula is C14H23N3O2S. The topological polar surface area (TPSA) is 75.4 Å². The molecule has 1 unspecified atom stereocenters. The SMILES string of the molecule is CCCC1CCCCN1S(=O)(=O)c1ccccc1NN. The van der Waals surface area contributed by atoms with Crippen molar-refractivity contribution in [3.8, 4) is 0 Å². The Morgan fingerprint density at radius 2 is 2.10 bits per heavy atom. The van der Waals surface area contributed by atoms with Crippen LogP contribution in [0, 0.1) is 0 Å². The van der Waals surface area contributed by atoms with E-state index >= 15 is 0 Å². The predicted molar refractivity (Wildman–Crippen MR) is 80.7 cm³/mol. The van der Waals surface area contributed by atoms with Crippen molar-refractivity contribution in [3.05, 3.63) is 24.3 Å². The number of piperidine rings is 1. The van der Waals surface area contributed by atoms with Crippen molar-refractivity contribution in [2.24, 2.45) is 5.84 Å². The third kappa shape index (κ3) is 2.97. The molecule has 1 saturated heterocycles. The molecule has 0 aromatic heterocycles. The Morgan fingerprint density at radius 3 is 2.80 bits per heavy atom. The zero-order chi connectivity index (χ0) is 14.6. The van der Waals surface area contributed by atoms with Gasteiger partial charge < -0.3 is 5.43 Å². The largest absolute Gasteiger partial charge is 0.323 e. The van der Waals surface area contributed by atoms with E-state index < -0.39 is 10.0 Å². The number of nitrogens with one attached hydrogen (secondary N) is 1. The second kappa shape index (κ2) is 6.56. The first-order chi connectivity index (χ1) is 9.61. The third-order valence-corrected chi connectivity index (χ3v) is 5.83. The maximum Gasteiger partial charge on any atom is 0.245 e. The minimum absolute atomic E-state index is 0.115. The van der Waals surface area contributed by atoms with Crippen molar-refractivity contribution in [2.75, 3.05) is 12.0 Å². The average Bonchev–Trinajstić information content (AvgIpc) is 2.48. The number of anilines is 1. The standard InChI is InChI=1S/C14H23N3O2S/c1-2-7-12-8-5-6-11-17(12)20(18,19)14-10-4-3-9-13(14)16-15/h3-4,9-10,12,16H,2,5-8,11,15H2,1H3. The number of nitrogen functional groups attached to an aromatic ring is 1. The van der Waals surface area contributed by atoms with Gasteiger partial charge in [-0.2, -0.15) is 4.31 Å². The monoisotopic (exact) mass is 297 g/mol. The van der Waals surface area contributed by atoms with Gasteiger partial charge in [0.1, 0.15) is 4.90 Å². The second-order valence-corrected chi connectivity index (χ2v) is 7.05. The highest BCUT2D eigenvalue weighted by Gasteiger charge is 2.34. The van der Waals surface area contributed by atoms with Gasteiger partial charge in [-0.15, -0.1) is 0 Å². The number of nitrogens with two attached hydrogens (primary N) is 1. The van der Waals surface area contributed by atoms with Gasteiger partial charge in [-0.3, -0.25) is 5.84 Å². The Bertz CT molecular complexity index is 543. The Labute approximate surface area is 121 Å². The lowest BCUT2D eigenvalue weighted by Crippen LogP contribution is -2.43. The lowest BCUT2D eigenvalue weighted by molar-refractivity contribution is 0.239. The molecule has 3 N–H and O–H groups in total. The fraction of sp³-hybridized carbons (Fsp3) is 0.571. The van der Waals surface area contributed by atoms with E-state index in [0.29, 0.717) is 12.2 Å². The molecule has 1 aliphatic rings. The summed E-state index contributed by atoms with van der Waals surface area (Å²) in [6.45, 7) is 2.70. The number of benzene rings is 1. The summed E-state index contributed by atoms with van der Waals surface area (Å²) < 4.78 is 27.4. The van der Waals surface area contributed by atoms with Crippen LogP contribution in [0.15, 0.2) is 29.2 Å². The van der Waals surface area contributed by atoms with Crippen molar-refractivity contribution >= 4 is 15.7 Å². The lowest BCUT2D eigenvalue weighted by Gasteiger charge is -2.35. The maximum atomic E-state index is 12.9. The van der Waals surface area contributed by atoms with Gasteiger partial charge in [0.25, 0.3) is 0 Å². The van der Waals surface area contributed by atoms with Crippen LogP contribution in [0.3, 0.4) is 0 Å². The van der Waals surface area contributed by atoms with Crippen LogP contribution in [-0.2, 0) is 10.0 Å². The molecule has 1 atom stereocenters. The molecule has 2 rings (SSSR count). The van der Waals surface area contributed by atoms with Crippen LogP contribution >= 0.6 is 0 Å². The normalized spacial score (nSPS) is 20.8. The molecule has 112 valence electrons. The number of hydrazine groups is 1. The summed E-state index contributed by atoms with van der Waals surface area (Å²) >= 11 is 0. The quantitative estimate of drug-likeness (QED) is 0.646. The highest BCUT2D eigenvalue weighted by Crippen LogP contribution is 2.30. The third-order valence-electron chi connectivity index (χ3n) is 3.82. The van der Waals surface area contributed by atoms with E-state index in [9.17, 15) is 8.42 Å². The van der Waals surface area contributed by atoms with Gasteiger partial charge >= 0.3 is 0 Å². The number of nitrogens with zero attached hydrogens (tertiary/aromatic N) is 1. The molecule has 1 aromatic rings. The fourth-order valence-corrected chi connectivity index (χ4v) is 4.73.